The third-order valence-corrected chi connectivity index (χ3v) is 6.99. The van der Waals surface area contributed by atoms with Gasteiger partial charge in [-0.2, -0.15) is 0 Å². The molecule has 10 heteroatoms. The number of nitro groups is 1. The van der Waals surface area contributed by atoms with Crippen molar-refractivity contribution >= 4 is 34.7 Å². The summed E-state index contributed by atoms with van der Waals surface area (Å²) < 4.78 is 10.5. The Balaban J connectivity index is 0.000000241. The van der Waals surface area contributed by atoms with E-state index in [-0.39, 0.29) is 23.9 Å². The second-order valence-electron chi connectivity index (χ2n) is 13.1. The number of benzene rings is 2. The van der Waals surface area contributed by atoms with Gasteiger partial charge in [-0.05, 0) is 127 Å². The smallest absolute Gasteiger partial charge is 0.407 e. The summed E-state index contributed by atoms with van der Waals surface area (Å²) in [6.45, 7) is 11.1. The van der Waals surface area contributed by atoms with Crippen LogP contribution in [0, 0.1) is 10.1 Å². The number of non-ortho nitro benzene ring substituents is 1. The first kappa shape index (κ1) is 34.2. The predicted octanol–water partition coefficient (Wildman–Crippen LogP) is 7.78. The molecule has 0 saturated carbocycles. The van der Waals surface area contributed by atoms with Gasteiger partial charge in [-0.3, -0.25) is 10.1 Å². The number of hydrogen-bond donors (Lipinski definition) is 3. The van der Waals surface area contributed by atoms with E-state index in [1.165, 1.54) is 23.3 Å². The quantitative estimate of drug-likeness (QED) is 0.179. The summed E-state index contributed by atoms with van der Waals surface area (Å²) in [5, 5.41) is 16.5. The van der Waals surface area contributed by atoms with Gasteiger partial charge in [0.25, 0.3) is 5.69 Å². The highest BCUT2D eigenvalue weighted by Gasteiger charge is 2.23. The SMILES string of the molecule is CC(C)(C)OC(=O)NC1CC=C(c2ccc(N)cc2)CC1.CC(C)(C)OC(=O)NC1CC=C(c2ccc([N+](=O)[O-])cc2)CC1. The van der Waals surface area contributed by atoms with Gasteiger partial charge in [0, 0.05) is 29.9 Å². The minimum atomic E-state index is -0.501. The average molecular weight is 607 g/mol. The van der Waals surface area contributed by atoms with Gasteiger partial charge in [-0.15, -0.1) is 0 Å². The molecule has 2 amide bonds. The minimum Gasteiger partial charge on any atom is -0.444 e. The zero-order chi connectivity index (χ0) is 32.5. The zero-order valence-electron chi connectivity index (χ0n) is 26.6. The standard InChI is InChI=1S/C17H22N2O4.C17H24N2O2/c1-17(2,3)23-16(20)18-14-8-4-12(5-9-14)13-6-10-15(11-7-13)19(21)22;1-17(2,3)21-16(20)19-15-10-6-13(7-11-15)12-4-8-14(18)9-5-12/h4,6-7,10-11,14H,5,8-9H2,1-3H3,(H,18,20);4-6,8-9,15H,7,10-11,18H2,1-3H3,(H,19,20). The van der Waals surface area contributed by atoms with Gasteiger partial charge in [0.1, 0.15) is 11.2 Å². The van der Waals surface area contributed by atoms with E-state index in [0.29, 0.717) is 0 Å². The lowest BCUT2D eigenvalue weighted by Crippen LogP contribution is -2.39. The number of allylic oxidation sites excluding steroid dienone is 2. The van der Waals surface area contributed by atoms with Crippen LogP contribution in [0.1, 0.15) is 91.2 Å². The number of nitro benzene ring substituents is 1. The van der Waals surface area contributed by atoms with Gasteiger partial charge in [0.15, 0.2) is 0 Å². The van der Waals surface area contributed by atoms with Crippen molar-refractivity contribution in [2.24, 2.45) is 0 Å². The Morgan fingerprint density at radius 1 is 0.750 bits per heavy atom. The van der Waals surface area contributed by atoms with Crippen LogP contribution in [0.4, 0.5) is 21.0 Å². The second-order valence-corrected chi connectivity index (χ2v) is 13.1. The molecule has 2 aliphatic carbocycles. The monoisotopic (exact) mass is 606 g/mol. The lowest BCUT2D eigenvalue weighted by molar-refractivity contribution is -0.384. The van der Waals surface area contributed by atoms with Crippen molar-refractivity contribution in [3.05, 3.63) is 81.9 Å². The maximum absolute atomic E-state index is 11.8. The number of carbonyl (C=O) groups is 2. The Kier molecular flexibility index (Phi) is 11.6. The van der Waals surface area contributed by atoms with E-state index in [0.717, 1.165) is 55.3 Å². The molecule has 0 saturated heterocycles. The maximum atomic E-state index is 11.8. The molecule has 44 heavy (non-hydrogen) atoms. The molecule has 0 spiro atoms. The third kappa shape index (κ3) is 11.7. The molecule has 0 radical (unpaired) electrons. The number of nitrogens with two attached hydrogens (primary N) is 1. The summed E-state index contributed by atoms with van der Waals surface area (Å²) in [5.41, 5.74) is 10.3. The normalized spacial score (nSPS) is 18.4. The van der Waals surface area contributed by atoms with Crippen LogP contribution in [0.25, 0.3) is 11.1 Å². The van der Waals surface area contributed by atoms with Gasteiger partial charge < -0.3 is 25.8 Å². The number of ether oxygens (including phenoxy) is 2. The van der Waals surface area contributed by atoms with E-state index in [1.807, 2.05) is 65.8 Å². The summed E-state index contributed by atoms with van der Waals surface area (Å²) >= 11 is 0. The van der Waals surface area contributed by atoms with Crippen LogP contribution in [0.5, 0.6) is 0 Å². The minimum absolute atomic E-state index is 0.0617. The molecule has 0 aromatic heterocycles. The van der Waals surface area contributed by atoms with Crippen molar-refractivity contribution in [2.75, 3.05) is 5.73 Å². The number of rotatable bonds is 5. The highest BCUT2D eigenvalue weighted by molar-refractivity contribution is 5.71. The zero-order valence-corrected chi connectivity index (χ0v) is 26.6. The lowest BCUT2D eigenvalue weighted by Gasteiger charge is -2.26. The van der Waals surface area contributed by atoms with Gasteiger partial charge >= 0.3 is 12.2 Å². The molecule has 2 atom stereocenters. The number of amides is 2. The molecule has 0 fully saturated rings. The predicted molar refractivity (Wildman–Crippen MR) is 174 cm³/mol. The van der Waals surface area contributed by atoms with Crippen molar-refractivity contribution in [2.45, 2.75) is 103 Å². The molecular weight excluding hydrogens is 560 g/mol. The molecule has 2 aromatic rings. The first-order valence-corrected chi connectivity index (χ1v) is 15.1. The van der Waals surface area contributed by atoms with Crippen LogP contribution in [-0.2, 0) is 9.47 Å². The van der Waals surface area contributed by atoms with E-state index >= 15 is 0 Å². The molecule has 2 unspecified atom stereocenters. The molecule has 0 heterocycles. The van der Waals surface area contributed by atoms with Crippen LogP contribution in [0.2, 0.25) is 0 Å². The topological polar surface area (TPSA) is 146 Å². The average Bonchev–Trinajstić information content (AvgIpc) is 2.93. The number of carbonyl (C=O) groups excluding carboxylic acids is 2. The van der Waals surface area contributed by atoms with E-state index in [9.17, 15) is 19.7 Å². The molecule has 2 aromatic carbocycles. The van der Waals surface area contributed by atoms with Crippen molar-refractivity contribution in [1.82, 2.24) is 10.6 Å². The second kappa shape index (κ2) is 14.9. The molecule has 2 aliphatic rings. The summed E-state index contributed by atoms with van der Waals surface area (Å²) in [5.74, 6) is 0. The largest absolute Gasteiger partial charge is 0.444 e. The summed E-state index contributed by atoms with van der Waals surface area (Å²) in [6.07, 6.45) is 8.61. The molecule has 0 bridgehead atoms. The molecule has 4 N–H and O–H groups in total. The summed E-state index contributed by atoms with van der Waals surface area (Å²) in [4.78, 5) is 33.8. The fourth-order valence-electron chi connectivity index (χ4n) is 4.90. The first-order valence-electron chi connectivity index (χ1n) is 15.1. The summed E-state index contributed by atoms with van der Waals surface area (Å²) in [7, 11) is 0. The maximum Gasteiger partial charge on any atom is 0.407 e. The fourth-order valence-corrected chi connectivity index (χ4v) is 4.90. The molecule has 238 valence electrons. The van der Waals surface area contributed by atoms with Crippen molar-refractivity contribution < 1.29 is 24.0 Å². The van der Waals surface area contributed by atoms with Crippen LogP contribution < -0.4 is 16.4 Å². The van der Waals surface area contributed by atoms with Crippen LogP contribution in [-0.4, -0.2) is 40.4 Å². The number of hydrogen-bond acceptors (Lipinski definition) is 7. The van der Waals surface area contributed by atoms with Gasteiger partial charge in [-0.1, -0.05) is 24.3 Å². The van der Waals surface area contributed by atoms with E-state index in [2.05, 4.69) is 22.8 Å². The van der Waals surface area contributed by atoms with E-state index < -0.39 is 22.2 Å². The Morgan fingerprint density at radius 2 is 1.14 bits per heavy atom. The van der Waals surface area contributed by atoms with E-state index in [4.69, 9.17) is 15.2 Å². The highest BCUT2D eigenvalue weighted by atomic mass is 16.6. The molecule has 10 nitrogen and oxygen atoms in total. The fraction of sp³-hybridized carbons (Fsp3) is 0.471. The Hall–Kier alpha value is -4.34. The Morgan fingerprint density at radius 3 is 1.45 bits per heavy atom. The lowest BCUT2D eigenvalue weighted by atomic mass is 9.91. The van der Waals surface area contributed by atoms with Gasteiger partial charge in [0.2, 0.25) is 0 Å². The number of nitrogen functional groups attached to an aromatic ring is 1. The number of anilines is 1. The van der Waals surface area contributed by atoms with Gasteiger partial charge in [-0.25, -0.2) is 9.59 Å². The van der Waals surface area contributed by atoms with Crippen LogP contribution in [0.3, 0.4) is 0 Å². The third-order valence-electron chi connectivity index (χ3n) is 6.99. The van der Waals surface area contributed by atoms with Crippen molar-refractivity contribution in [1.29, 1.82) is 0 Å². The molecular formula is C34H46N4O6. The number of nitrogens with zero attached hydrogens (tertiary/aromatic N) is 1. The van der Waals surface area contributed by atoms with Crippen LogP contribution >= 0.6 is 0 Å². The number of nitrogens with one attached hydrogen (secondary N) is 2. The van der Waals surface area contributed by atoms with Gasteiger partial charge in [0.05, 0.1) is 4.92 Å². The van der Waals surface area contributed by atoms with Crippen molar-refractivity contribution in [3.8, 4) is 0 Å². The van der Waals surface area contributed by atoms with Crippen molar-refractivity contribution in [3.63, 3.8) is 0 Å². The summed E-state index contributed by atoms with van der Waals surface area (Å²) in [6, 6.07) is 14.7. The Labute approximate surface area is 260 Å². The molecule has 0 aliphatic heterocycles. The van der Waals surface area contributed by atoms with Crippen LogP contribution in [0.15, 0.2) is 60.7 Å². The highest BCUT2D eigenvalue weighted by Crippen LogP contribution is 2.29. The molecule has 4 rings (SSSR count). The van der Waals surface area contributed by atoms with E-state index in [1.54, 1.807) is 12.1 Å². The Bertz CT molecular complexity index is 1350. The number of alkyl carbamates (subject to hydrolysis) is 2. The first-order chi connectivity index (χ1) is 20.6.